The van der Waals surface area contributed by atoms with E-state index in [-0.39, 0.29) is 5.97 Å². The molecule has 3 aromatic heterocycles. The zero-order chi connectivity index (χ0) is 22.8. The zero-order valence-electron chi connectivity index (χ0n) is 18.8. The molecule has 0 unspecified atom stereocenters. The van der Waals surface area contributed by atoms with Gasteiger partial charge >= 0.3 is 5.97 Å². The summed E-state index contributed by atoms with van der Waals surface area (Å²) in [4.78, 5) is 22.9. The third kappa shape index (κ3) is 4.45. The highest BCUT2D eigenvalue weighted by Gasteiger charge is 2.26. The second kappa shape index (κ2) is 9.49. The Bertz CT molecular complexity index is 1260. The summed E-state index contributed by atoms with van der Waals surface area (Å²) in [7, 11) is 0. The van der Waals surface area contributed by atoms with Gasteiger partial charge in [0.25, 0.3) is 11.7 Å². The van der Waals surface area contributed by atoms with E-state index in [0.717, 1.165) is 78.8 Å². The fourth-order valence-electron chi connectivity index (χ4n) is 4.60. The maximum atomic E-state index is 12.4. The van der Waals surface area contributed by atoms with Crippen LogP contribution in [0.1, 0.15) is 48.8 Å². The molecule has 1 saturated heterocycles. The topological polar surface area (TPSA) is 71.5 Å². The maximum Gasteiger partial charge on any atom is 0.357 e. The van der Waals surface area contributed by atoms with Crippen molar-refractivity contribution in [2.24, 2.45) is 5.92 Å². The quantitative estimate of drug-likeness (QED) is 0.319. The van der Waals surface area contributed by atoms with Gasteiger partial charge in [0.05, 0.1) is 11.1 Å². The minimum atomic E-state index is -0.297. The summed E-state index contributed by atoms with van der Waals surface area (Å²) in [5.41, 5.74) is 3.35. The number of hydrogen-bond acceptors (Lipinski definition) is 6. The maximum absolute atomic E-state index is 12.4. The first-order valence-electron chi connectivity index (χ1n) is 11.7. The molecule has 4 aromatic rings. The first kappa shape index (κ1) is 21.9. The third-order valence-corrected chi connectivity index (χ3v) is 7.32. The molecule has 0 atom stereocenters. The van der Waals surface area contributed by atoms with Crippen molar-refractivity contribution in [3.05, 3.63) is 59.4 Å². The Morgan fingerprint density at radius 1 is 1.24 bits per heavy atom. The number of imidazole rings is 1. The molecule has 0 amide bonds. The molecule has 8 heteroatoms. The van der Waals surface area contributed by atoms with Crippen LogP contribution in [0.2, 0.25) is 0 Å². The lowest BCUT2D eigenvalue weighted by Gasteiger charge is -2.31. The van der Waals surface area contributed by atoms with Crippen LogP contribution in [-0.2, 0) is 17.8 Å². The molecule has 1 N–H and O–H groups in total. The highest BCUT2D eigenvalue weighted by atomic mass is 32.1. The van der Waals surface area contributed by atoms with E-state index in [1.165, 1.54) is 4.73 Å². The van der Waals surface area contributed by atoms with Crippen LogP contribution < -0.4 is 4.73 Å². The molecule has 1 aliphatic heterocycles. The van der Waals surface area contributed by atoms with Gasteiger partial charge in [-0.25, -0.2) is 9.78 Å². The van der Waals surface area contributed by atoms with Gasteiger partial charge in [0.2, 0.25) is 0 Å². The largest absolute Gasteiger partial charge is 0.364 e. The minimum Gasteiger partial charge on any atom is -0.364 e. The predicted molar refractivity (Wildman–Crippen MR) is 127 cm³/mol. The van der Waals surface area contributed by atoms with Crippen LogP contribution in [0.15, 0.2) is 48.0 Å². The van der Waals surface area contributed by atoms with E-state index in [4.69, 9.17) is 9.82 Å². The number of nitrogens with zero attached hydrogens (tertiary/aromatic N) is 4. The Labute approximate surface area is 196 Å². The van der Waals surface area contributed by atoms with Crippen LogP contribution in [0.25, 0.3) is 21.3 Å². The van der Waals surface area contributed by atoms with Gasteiger partial charge in [-0.15, -0.1) is 16.4 Å². The molecule has 0 saturated carbocycles. The molecule has 33 heavy (non-hydrogen) atoms. The molecular weight excluding hydrogens is 436 g/mol. The van der Waals surface area contributed by atoms with Crippen LogP contribution >= 0.6 is 11.3 Å². The van der Waals surface area contributed by atoms with E-state index in [1.807, 2.05) is 29.6 Å². The standard InChI is InChI=1S/C25H29N4O3S/c1-2-3-9-22-26-20-17-29(31)21-12-15-33-24(21)23(20)28(22)16-18-10-13-27(14-11-18)32-25(30)19-7-5-4-6-8-19/h4-8,12,15,17-18,31H,2-3,9-11,13-14,16H2,1H3/q+1. The Hall–Kier alpha value is -2.97. The Balaban J connectivity index is 1.33. The highest BCUT2D eigenvalue weighted by molar-refractivity contribution is 7.18. The molecule has 5 rings (SSSR count). The first-order valence-corrected chi connectivity index (χ1v) is 12.5. The number of hydroxylamine groups is 2. The summed E-state index contributed by atoms with van der Waals surface area (Å²) in [6.07, 6.45) is 6.76. The van der Waals surface area contributed by atoms with E-state index >= 15 is 0 Å². The molecule has 7 nitrogen and oxygen atoms in total. The van der Waals surface area contributed by atoms with Gasteiger partial charge in [0.1, 0.15) is 10.5 Å². The van der Waals surface area contributed by atoms with Crippen LogP contribution in [-0.4, -0.2) is 38.9 Å². The van der Waals surface area contributed by atoms with Crippen molar-refractivity contribution >= 4 is 38.6 Å². The number of hydrogen-bond donors (Lipinski definition) is 1. The van der Waals surface area contributed by atoms with E-state index in [1.54, 1.807) is 34.7 Å². The molecule has 0 radical (unpaired) electrons. The number of piperidine rings is 1. The summed E-state index contributed by atoms with van der Waals surface area (Å²) in [6.45, 7) is 4.54. The number of unbranched alkanes of at least 4 members (excludes halogenated alkanes) is 1. The predicted octanol–water partition coefficient (Wildman–Crippen LogP) is 4.60. The number of thiophene rings is 1. The Morgan fingerprint density at radius 2 is 2.03 bits per heavy atom. The van der Waals surface area contributed by atoms with Crippen molar-refractivity contribution in [1.82, 2.24) is 14.6 Å². The van der Waals surface area contributed by atoms with Crippen molar-refractivity contribution in [2.75, 3.05) is 13.1 Å². The van der Waals surface area contributed by atoms with Crippen molar-refractivity contribution < 1.29 is 19.6 Å². The normalized spacial score (nSPS) is 15.4. The third-order valence-electron chi connectivity index (χ3n) is 6.41. The summed E-state index contributed by atoms with van der Waals surface area (Å²) < 4.78 is 4.63. The van der Waals surface area contributed by atoms with Gasteiger partial charge in [0.15, 0.2) is 5.52 Å². The van der Waals surface area contributed by atoms with Gasteiger partial charge in [-0.05, 0) is 42.7 Å². The van der Waals surface area contributed by atoms with Crippen molar-refractivity contribution in [2.45, 2.75) is 45.6 Å². The molecule has 4 heterocycles. The number of carbonyl (C=O) groups is 1. The Kier molecular flexibility index (Phi) is 6.28. The lowest BCUT2D eigenvalue weighted by molar-refractivity contribution is -0.883. The summed E-state index contributed by atoms with van der Waals surface area (Å²) in [6, 6.07) is 11.1. The molecule has 1 aliphatic rings. The van der Waals surface area contributed by atoms with Gasteiger partial charge in [-0.3, -0.25) is 5.21 Å². The van der Waals surface area contributed by atoms with Gasteiger partial charge in [-0.1, -0.05) is 31.5 Å². The van der Waals surface area contributed by atoms with E-state index in [0.29, 0.717) is 11.5 Å². The number of aromatic nitrogens is 3. The van der Waals surface area contributed by atoms with Gasteiger partial charge in [-0.2, -0.15) is 0 Å². The van der Waals surface area contributed by atoms with Gasteiger partial charge < -0.3 is 9.40 Å². The summed E-state index contributed by atoms with van der Waals surface area (Å²) in [5, 5.41) is 14.2. The second-order valence-electron chi connectivity index (χ2n) is 8.70. The lowest BCUT2D eigenvalue weighted by atomic mass is 9.97. The minimum absolute atomic E-state index is 0.297. The number of pyridine rings is 1. The van der Waals surface area contributed by atoms with Crippen LogP contribution in [0.5, 0.6) is 0 Å². The number of fused-ring (bicyclic) bond motifs is 3. The average molecular weight is 466 g/mol. The van der Waals surface area contributed by atoms with Crippen molar-refractivity contribution in [3.8, 4) is 0 Å². The zero-order valence-corrected chi connectivity index (χ0v) is 19.6. The molecule has 1 aromatic carbocycles. The van der Waals surface area contributed by atoms with E-state index in [2.05, 4.69) is 11.5 Å². The number of carbonyl (C=O) groups excluding carboxylic acids is 1. The van der Waals surface area contributed by atoms with Crippen LogP contribution in [0, 0.1) is 5.92 Å². The number of benzene rings is 1. The smallest absolute Gasteiger partial charge is 0.357 e. The summed E-state index contributed by atoms with van der Waals surface area (Å²) in [5.74, 6) is 1.27. The fourth-order valence-corrected chi connectivity index (χ4v) is 5.54. The van der Waals surface area contributed by atoms with Crippen molar-refractivity contribution in [3.63, 3.8) is 0 Å². The molecule has 0 spiro atoms. The first-order chi connectivity index (χ1) is 16.1. The number of rotatable bonds is 7. The lowest BCUT2D eigenvalue weighted by Crippen LogP contribution is -2.36. The highest BCUT2D eigenvalue weighted by Crippen LogP contribution is 2.31. The van der Waals surface area contributed by atoms with Crippen LogP contribution in [0.4, 0.5) is 0 Å². The second-order valence-corrected chi connectivity index (χ2v) is 9.62. The average Bonchev–Trinajstić information content (AvgIpc) is 3.45. The fraction of sp³-hybridized carbons (Fsp3) is 0.400. The summed E-state index contributed by atoms with van der Waals surface area (Å²) >= 11 is 1.64. The number of aryl methyl sites for hydroxylation is 1. The van der Waals surface area contributed by atoms with Crippen LogP contribution in [0.3, 0.4) is 0 Å². The van der Waals surface area contributed by atoms with Gasteiger partial charge in [0, 0.05) is 36.9 Å². The molecule has 0 bridgehead atoms. The molecule has 0 aliphatic carbocycles. The van der Waals surface area contributed by atoms with E-state index < -0.39 is 0 Å². The SMILES string of the molecule is CCCCc1nc2c[n+](O)c3ccsc3c2n1CC1CCN(OC(=O)c2ccccc2)CC1. The Morgan fingerprint density at radius 3 is 2.79 bits per heavy atom. The molecule has 1 fully saturated rings. The molecule has 172 valence electrons. The van der Waals surface area contributed by atoms with E-state index in [9.17, 15) is 10.0 Å². The monoisotopic (exact) mass is 465 g/mol. The van der Waals surface area contributed by atoms with Crippen molar-refractivity contribution in [1.29, 1.82) is 0 Å². The molecular formula is C25H29N4O3S+.